The number of hydrogen-bond acceptors (Lipinski definition) is 7. The largest absolute Gasteiger partial charge is 0.493 e. The summed E-state index contributed by atoms with van der Waals surface area (Å²) in [6.45, 7) is 3.47. The second-order valence-electron chi connectivity index (χ2n) is 5.43. The molecule has 6 nitrogen and oxygen atoms in total. The molecular formula is C18H18N2O4S. The molecule has 0 N–H and O–H groups in total. The predicted octanol–water partition coefficient (Wildman–Crippen LogP) is 2.95. The molecule has 0 fully saturated rings. The average molecular weight is 358 g/mol. The molecule has 0 spiro atoms. The summed E-state index contributed by atoms with van der Waals surface area (Å²) in [6.07, 6.45) is 0.0226. The Labute approximate surface area is 150 Å². The van der Waals surface area contributed by atoms with Gasteiger partial charge in [-0.2, -0.15) is 5.26 Å². The molecule has 1 atom stereocenters. The third-order valence-electron chi connectivity index (χ3n) is 3.31. The Morgan fingerprint density at radius 2 is 2.00 bits per heavy atom. The number of benzene rings is 1. The van der Waals surface area contributed by atoms with Crippen molar-refractivity contribution in [2.75, 3.05) is 13.2 Å². The van der Waals surface area contributed by atoms with E-state index in [1.54, 1.807) is 12.3 Å². The Balaban J connectivity index is 1.74. The van der Waals surface area contributed by atoms with Gasteiger partial charge in [-0.25, -0.2) is 4.98 Å². The summed E-state index contributed by atoms with van der Waals surface area (Å²) in [5.41, 5.74) is 1.87. The van der Waals surface area contributed by atoms with E-state index in [4.69, 9.17) is 14.7 Å². The van der Waals surface area contributed by atoms with E-state index in [0.717, 1.165) is 11.3 Å². The summed E-state index contributed by atoms with van der Waals surface area (Å²) >= 11 is 1.24. The van der Waals surface area contributed by atoms with Crippen LogP contribution in [0.2, 0.25) is 0 Å². The number of aryl methyl sites for hydroxylation is 2. The first-order chi connectivity index (χ1) is 12.0. The van der Waals surface area contributed by atoms with Crippen LogP contribution in [-0.4, -0.2) is 30.0 Å². The van der Waals surface area contributed by atoms with Crippen molar-refractivity contribution >= 4 is 23.1 Å². The van der Waals surface area contributed by atoms with Gasteiger partial charge in [-0.1, -0.05) is 17.7 Å². The standard InChI is InChI=1S/C18H18N2O4S/c1-12-3-5-14(6-4-12)23-8-7-17(22)24-10-16(21)15(9-19)18-20-13(2)11-25-18/h3-6,11,15H,7-8,10H2,1-2H3/t15-/m0/s1. The fourth-order valence-electron chi connectivity index (χ4n) is 1.96. The fourth-order valence-corrected chi connectivity index (χ4v) is 2.82. The average Bonchev–Trinajstić information content (AvgIpc) is 3.01. The van der Waals surface area contributed by atoms with Crippen LogP contribution >= 0.6 is 11.3 Å². The van der Waals surface area contributed by atoms with Crippen LogP contribution in [-0.2, 0) is 14.3 Å². The van der Waals surface area contributed by atoms with Crippen molar-refractivity contribution in [1.29, 1.82) is 5.26 Å². The predicted molar refractivity (Wildman–Crippen MR) is 92.5 cm³/mol. The zero-order valence-corrected chi connectivity index (χ0v) is 14.8. The number of hydrogen-bond donors (Lipinski definition) is 0. The highest BCUT2D eigenvalue weighted by Gasteiger charge is 2.24. The molecule has 1 aromatic carbocycles. The number of carbonyl (C=O) groups is 2. The lowest BCUT2D eigenvalue weighted by molar-refractivity contribution is -0.148. The highest BCUT2D eigenvalue weighted by molar-refractivity contribution is 7.09. The van der Waals surface area contributed by atoms with Crippen molar-refractivity contribution < 1.29 is 19.1 Å². The van der Waals surface area contributed by atoms with Gasteiger partial charge in [0, 0.05) is 11.1 Å². The summed E-state index contributed by atoms with van der Waals surface area (Å²) in [4.78, 5) is 27.9. The number of ketones is 1. The molecule has 1 aromatic heterocycles. The van der Waals surface area contributed by atoms with Crippen LogP contribution < -0.4 is 4.74 Å². The van der Waals surface area contributed by atoms with E-state index in [1.807, 2.05) is 37.3 Å². The van der Waals surface area contributed by atoms with E-state index in [2.05, 4.69) is 4.98 Å². The van der Waals surface area contributed by atoms with Gasteiger partial charge in [0.05, 0.1) is 19.1 Å². The van der Waals surface area contributed by atoms with E-state index in [-0.39, 0.29) is 13.0 Å². The molecule has 0 unspecified atom stereocenters. The van der Waals surface area contributed by atoms with Crippen LogP contribution in [0.1, 0.15) is 28.6 Å². The Kier molecular flexibility index (Phi) is 6.66. The molecular weight excluding hydrogens is 340 g/mol. The maximum atomic E-state index is 12.1. The number of carbonyl (C=O) groups excluding carboxylic acids is 2. The minimum absolute atomic E-state index is 0.0226. The maximum Gasteiger partial charge on any atom is 0.309 e. The summed E-state index contributed by atoms with van der Waals surface area (Å²) < 4.78 is 10.4. The van der Waals surface area contributed by atoms with Crippen molar-refractivity contribution in [2.45, 2.75) is 26.2 Å². The number of thiazole rings is 1. The number of Topliss-reactive ketones (excluding diaryl/α,β-unsaturated/α-hetero) is 1. The van der Waals surface area contributed by atoms with Crippen molar-refractivity contribution in [1.82, 2.24) is 4.98 Å². The fraction of sp³-hybridized carbons (Fsp3) is 0.333. The number of esters is 1. The zero-order chi connectivity index (χ0) is 18.2. The monoisotopic (exact) mass is 358 g/mol. The molecule has 0 aliphatic carbocycles. The number of ether oxygens (including phenoxy) is 2. The molecule has 25 heavy (non-hydrogen) atoms. The van der Waals surface area contributed by atoms with Gasteiger partial charge >= 0.3 is 5.97 Å². The summed E-state index contributed by atoms with van der Waals surface area (Å²) in [5.74, 6) is -1.37. The van der Waals surface area contributed by atoms with Crippen LogP contribution in [0.4, 0.5) is 0 Å². The Bertz CT molecular complexity index is 777. The third-order valence-corrected chi connectivity index (χ3v) is 4.33. The second-order valence-corrected chi connectivity index (χ2v) is 6.32. The highest BCUT2D eigenvalue weighted by atomic mass is 32.1. The molecule has 2 aromatic rings. The topological polar surface area (TPSA) is 89.3 Å². The molecule has 0 amide bonds. The lowest BCUT2D eigenvalue weighted by atomic mass is 10.1. The van der Waals surface area contributed by atoms with Crippen LogP contribution in [0.3, 0.4) is 0 Å². The highest BCUT2D eigenvalue weighted by Crippen LogP contribution is 2.20. The molecule has 0 saturated heterocycles. The van der Waals surface area contributed by atoms with Crippen molar-refractivity contribution in [2.24, 2.45) is 0 Å². The van der Waals surface area contributed by atoms with Gasteiger partial charge in [-0.05, 0) is 26.0 Å². The Morgan fingerprint density at radius 3 is 2.60 bits per heavy atom. The lowest BCUT2D eigenvalue weighted by Crippen LogP contribution is -2.20. The summed E-state index contributed by atoms with van der Waals surface area (Å²) in [7, 11) is 0. The van der Waals surface area contributed by atoms with Gasteiger partial charge in [0.15, 0.2) is 18.3 Å². The minimum atomic E-state index is -1.00. The first-order valence-electron chi connectivity index (χ1n) is 7.69. The van der Waals surface area contributed by atoms with Crippen LogP contribution in [0.5, 0.6) is 5.75 Å². The number of aromatic nitrogens is 1. The normalized spacial score (nSPS) is 11.4. The Morgan fingerprint density at radius 1 is 1.28 bits per heavy atom. The van der Waals surface area contributed by atoms with Gasteiger partial charge in [0.1, 0.15) is 10.8 Å². The molecule has 130 valence electrons. The summed E-state index contributed by atoms with van der Waals surface area (Å²) in [5, 5.41) is 11.3. The molecule has 0 saturated carbocycles. The quantitative estimate of drug-likeness (QED) is 0.674. The van der Waals surface area contributed by atoms with Crippen LogP contribution in [0.25, 0.3) is 0 Å². The van der Waals surface area contributed by atoms with Gasteiger partial charge in [-0.3, -0.25) is 9.59 Å². The first kappa shape index (κ1) is 18.6. The van der Waals surface area contributed by atoms with E-state index < -0.39 is 24.3 Å². The molecule has 2 rings (SSSR count). The van der Waals surface area contributed by atoms with E-state index in [9.17, 15) is 9.59 Å². The lowest BCUT2D eigenvalue weighted by Gasteiger charge is -2.08. The smallest absolute Gasteiger partial charge is 0.309 e. The molecule has 0 bridgehead atoms. The van der Waals surface area contributed by atoms with Gasteiger partial charge in [-0.15, -0.1) is 11.3 Å². The third kappa shape index (κ3) is 5.69. The van der Waals surface area contributed by atoms with Gasteiger partial charge < -0.3 is 9.47 Å². The number of rotatable bonds is 8. The first-order valence-corrected chi connectivity index (χ1v) is 8.57. The molecule has 7 heteroatoms. The van der Waals surface area contributed by atoms with Crippen LogP contribution in [0, 0.1) is 25.2 Å². The molecule has 0 radical (unpaired) electrons. The Hall–Kier alpha value is -2.72. The zero-order valence-electron chi connectivity index (χ0n) is 14.0. The molecule has 0 aliphatic rings. The second kappa shape index (κ2) is 8.94. The maximum absolute atomic E-state index is 12.1. The van der Waals surface area contributed by atoms with Crippen molar-refractivity contribution in [3.63, 3.8) is 0 Å². The van der Waals surface area contributed by atoms with Crippen molar-refractivity contribution in [3.8, 4) is 11.8 Å². The van der Waals surface area contributed by atoms with E-state index >= 15 is 0 Å². The van der Waals surface area contributed by atoms with Crippen molar-refractivity contribution in [3.05, 3.63) is 45.9 Å². The van der Waals surface area contributed by atoms with E-state index in [1.165, 1.54) is 11.3 Å². The van der Waals surface area contributed by atoms with Crippen LogP contribution in [0.15, 0.2) is 29.6 Å². The molecule has 0 aliphatic heterocycles. The SMILES string of the molecule is Cc1ccc(OCCC(=O)OCC(=O)[C@H](C#N)c2nc(C)cs2)cc1. The van der Waals surface area contributed by atoms with Gasteiger partial charge in [0.2, 0.25) is 0 Å². The molecule has 1 heterocycles. The number of nitrogens with zero attached hydrogens (tertiary/aromatic N) is 2. The van der Waals surface area contributed by atoms with Gasteiger partial charge in [0.25, 0.3) is 0 Å². The van der Waals surface area contributed by atoms with E-state index in [0.29, 0.717) is 10.8 Å². The summed E-state index contributed by atoms with van der Waals surface area (Å²) in [6, 6.07) is 9.36. The number of nitriles is 1. The minimum Gasteiger partial charge on any atom is -0.493 e.